The van der Waals surface area contributed by atoms with Gasteiger partial charge < -0.3 is 9.73 Å². The lowest BCUT2D eigenvalue weighted by Crippen LogP contribution is -2.21. The fourth-order valence-electron chi connectivity index (χ4n) is 2.41. The monoisotopic (exact) mass is 174 g/mol. The smallest absolute Gasteiger partial charge is 0.122 e. The first kappa shape index (κ1) is 7.16. The van der Waals surface area contributed by atoms with Crippen LogP contribution in [0.4, 0.5) is 0 Å². The van der Waals surface area contributed by atoms with Crippen LogP contribution in [0.1, 0.15) is 18.2 Å². The highest BCUT2D eigenvalue weighted by Crippen LogP contribution is 2.63. The molecule has 3 atom stereocenters. The zero-order chi connectivity index (χ0) is 8.89. The molecule has 0 radical (unpaired) electrons. The Kier molecular flexibility index (Phi) is 1.19. The zero-order valence-electron chi connectivity index (χ0n) is 7.16. The van der Waals surface area contributed by atoms with Crippen molar-refractivity contribution in [1.29, 1.82) is 5.26 Å². The largest absolute Gasteiger partial charge is 0.468 e. The molecule has 1 saturated carbocycles. The Bertz CT molecular complexity index is 365. The Morgan fingerprint density at radius 1 is 1.69 bits per heavy atom. The van der Waals surface area contributed by atoms with Crippen LogP contribution in [-0.4, -0.2) is 6.54 Å². The average molecular weight is 174 g/mol. The van der Waals surface area contributed by atoms with Gasteiger partial charge in [0.15, 0.2) is 0 Å². The molecule has 2 heterocycles. The number of nitrogens with one attached hydrogen (secondary N) is 1. The summed E-state index contributed by atoms with van der Waals surface area (Å²) in [6.45, 7) is 0.957. The molecule has 0 aromatic carbocycles. The highest BCUT2D eigenvalue weighted by molar-refractivity contribution is 5.30. The minimum Gasteiger partial charge on any atom is -0.468 e. The summed E-state index contributed by atoms with van der Waals surface area (Å²) in [7, 11) is 0. The molecular weight excluding hydrogens is 164 g/mol. The number of nitriles is 1. The van der Waals surface area contributed by atoms with Gasteiger partial charge in [0, 0.05) is 6.54 Å². The fourth-order valence-corrected chi connectivity index (χ4v) is 2.41. The minimum atomic E-state index is -0.155. The number of hydrogen-bond donors (Lipinski definition) is 1. The molecule has 2 fully saturated rings. The molecule has 2 aliphatic rings. The predicted octanol–water partition coefficient (Wildman–Crippen LogP) is 1.45. The third-order valence-electron chi connectivity index (χ3n) is 3.27. The SMILES string of the molecule is N#CC12CC1CNC2c1ccco1. The van der Waals surface area contributed by atoms with Crippen molar-refractivity contribution in [3.05, 3.63) is 24.2 Å². The second-order valence-corrected chi connectivity index (χ2v) is 3.91. The van der Waals surface area contributed by atoms with Crippen molar-refractivity contribution in [1.82, 2.24) is 5.32 Å². The third-order valence-corrected chi connectivity index (χ3v) is 3.27. The van der Waals surface area contributed by atoms with Gasteiger partial charge in [-0.2, -0.15) is 5.26 Å². The maximum Gasteiger partial charge on any atom is 0.122 e. The van der Waals surface area contributed by atoms with Gasteiger partial charge in [-0.25, -0.2) is 0 Å². The molecule has 1 aliphatic heterocycles. The van der Waals surface area contributed by atoms with Crippen LogP contribution in [0, 0.1) is 22.7 Å². The summed E-state index contributed by atoms with van der Waals surface area (Å²) in [5.41, 5.74) is -0.155. The molecule has 3 rings (SSSR count). The molecule has 66 valence electrons. The van der Waals surface area contributed by atoms with E-state index in [0.717, 1.165) is 18.7 Å². The highest BCUT2D eigenvalue weighted by Gasteiger charge is 2.65. The fraction of sp³-hybridized carbons (Fsp3) is 0.500. The summed E-state index contributed by atoms with van der Waals surface area (Å²) in [5.74, 6) is 1.45. The summed E-state index contributed by atoms with van der Waals surface area (Å²) in [4.78, 5) is 0. The zero-order valence-corrected chi connectivity index (χ0v) is 7.16. The van der Waals surface area contributed by atoms with Crippen LogP contribution in [0.15, 0.2) is 22.8 Å². The predicted molar refractivity (Wildman–Crippen MR) is 45.6 cm³/mol. The molecule has 0 amide bonds. The van der Waals surface area contributed by atoms with E-state index in [1.165, 1.54) is 0 Å². The number of rotatable bonds is 1. The van der Waals surface area contributed by atoms with Crippen molar-refractivity contribution in [2.24, 2.45) is 11.3 Å². The number of piperidine rings is 1. The van der Waals surface area contributed by atoms with Crippen molar-refractivity contribution in [2.75, 3.05) is 6.54 Å². The van der Waals surface area contributed by atoms with Crippen LogP contribution in [0.5, 0.6) is 0 Å². The van der Waals surface area contributed by atoms with E-state index in [-0.39, 0.29) is 11.5 Å². The highest BCUT2D eigenvalue weighted by atomic mass is 16.3. The van der Waals surface area contributed by atoms with Gasteiger partial charge in [0.2, 0.25) is 0 Å². The number of nitrogens with zero attached hydrogens (tertiary/aromatic N) is 1. The molecule has 0 bridgehead atoms. The second kappa shape index (κ2) is 2.15. The lowest BCUT2D eigenvalue weighted by Gasteiger charge is -2.14. The Balaban J connectivity index is 1.98. The Hall–Kier alpha value is -1.27. The van der Waals surface area contributed by atoms with Gasteiger partial charge in [0.25, 0.3) is 0 Å². The lowest BCUT2D eigenvalue weighted by molar-refractivity contribution is 0.382. The Morgan fingerprint density at radius 2 is 2.62 bits per heavy atom. The van der Waals surface area contributed by atoms with Crippen LogP contribution in [0.25, 0.3) is 0 Å². The van der Waals surface area contributed by atoms with E-state index in [0.29, 0.717) is 5.92 Å². The minimum absolute atomic E-state index is 0.123. The molecule has 0 spiro atoms. The van der Waals surface area contributed by atoms with Gasteiger partial charge in [-0.15, -0.1) is 0 Å². The van der Waals surface area contributed by atoms with E-state index in [2.05, 4.69) is 11.4 Å². The third kappa shape index (κ3) is 0.763. The summed E-state index contributed by atoms with van der Waals surface area (Å²) in [6, 6.07) is 6.37. The number of fused-ring (bicyclic) bond motifs is 1. The summed E-state index contributed by atoms with van der Waals surface area (Å²) < 4.78 is 5.33. The quantitative estimate of drug-likeness (QED) is 0.701. The van der Waals surface area contributed by atoms with Crippen molar-refractivity contribution in [3.8, 4) is 6.07 Å². The van der Waals surface area contributed by atoms with Gasteiger partial charge in [-0.1, -0.05) is 0 Å². The normalized spacial score (nSPS) is 41.2. The molecule has 1 aromatic rings. The van der Waals surface area contributed by atoms with Crippen molar-refractivity contribution in [3.63, 3.8) is 0 Å². The van der Waals surface area contributed by atoms with Crippen LogP contribution in [-0.2, 0) is 0 Å². The van der Waals surface area contributed by atoms with E-state index >= 15 is 0 Å². The molecule has 3 heteroatoms. The van der Waals surface area contributed by atoms with Gasteiger partial charge in [-0.05, 0) is 24.5 Å². The van der Waals surface area contributed by atoms with E-state index in [1.54, 1.807) is 6.26 Å². The van der Waals surface area contributed by atoms with Crippen molar-refractivity contribution < 1.29 is 4.42 Å². The molecule has 3 unspecified atom stereocenters. The van der Waals surface area contributed by atoms with Gasteiger partial charge in [0.05, 0.1) is 23.8 Å². The topological polar surface area (TPSA) is 49.0 Å². The summed E-state index contributed by atoms with van der Waals surface area (Å²) in [5, 5.41) is 12.4. The van der Waals surface area contributed by atoms with Crippen LogP contribution < -0.4 is 5.32 Å². The number of hydrogen-bond acceptors (Lipinski definition) is 3. The van der Waals surface area contributed by atoms with Gasteiger partial charge in [-0.3, -0.25) is 0 Å². The molecule has 1 aromatic heterocycles. The lowest BCUT2D eigenvalue weighted by atomic mass is 9.97. The van der Waals surface area contributed by atoms with Gasteiger partial charge in [0.1, 0.15) is 5.76 Å². The maximum absolute atomic E-state index is 9.10. The van der Waals surface area contributed by atoms with E-state index in [9.17, 15) is 0 Å². The first-order valence-electron chi connectivity index (χ1n) is 4.55. The average Bonchev–Trinajstić information content (AvgIpc) is 2.57. The summed E-state index contributed by atoms with van der Waals surface area (Å²) >= 11 is 0. The number of furan rings is 1. The second-order valence-electron chi connectivity index (χ2n) is 3.91. The van der Waals surface area contributed by atoms with Crippen molar-refractivity contribution >= 4 is 0 Å². The molecule has 1 saturated heterocycles. The molecule has 3 nitrogen and oxygen atoms in total. The summed E-state index contributed by atoms with van der Waals surface area (Å²) in [6.07, 6.45) is 2.69. The van der Waals surface area contributed by atoms with E-state index in [1.807, 2.05) is 12.1 Å². The molecular formula is C10H10N2O. The first-order chi connectivity index (χ1) is 6.37. The Labute approximate surface area is 76.3 Å². The maximum atomic E-state index is 9.10. The first-order valence-corrected chi connectivity index (χ1v) is 4.55. The van der Waals surface area contributed by atoms with Crippen LogP contribution >= 0.6 is 0 Å². The van der Waals surface area contributed by atoms with E-state index in [4.69, 9.17) is 9.68 Å². The Morgan fingerprint density at radius 3 is 3.23 bits per heavy atom. The molecule has 1 aliphatic carbocycles. The van der Waals surface area contributed by atoms with E-state index < -0.39 is 0 Å². The van der Waals surface area contributed by atoms with Gasteiger partial charge >= 0.3 is 0 Å². The van der Waals surface area contributed by atoms with Crippen LogP contribution in [0.3, 0.4) is 0 Å². The standard InChI is InChI=1S/C10H10N2O/c11-6-10-4-7(10)5-12-9(10)8-2-1-3-13-8/h1-3,7,9,12H,4-5H2. The molecule has 13 heavy (non-hydrogen) atoms. The van der Waals surface area contributed by atoms with Crippen molar-refractivity contribution in [2.45, 2.75) is 12.5 Å². The van der Waals surface area contributed by atoms with Crippen LogP contribution in [0.2, 0.25) is 0 Å². The molecule has 1 N–H and O–H groups in total.